The van der Waals surface area contributed by atoms with Gasteiger partial charge in [-0.3, -0.25) is 0 Å². The minimum absolute atomic E-state index is 0.175. The van der Waals surface area contributed by atoms with Gasteiger partial charge in [-0.05, 0) is 12.1 Å². The van der Waals surface area contributed by atoms with Crippen LogP contribution in [0.4, 0.5) is 27.8 Å². The maximum Gasteiger partial charge on any atom is 0.435 e. The smallest absolute Gasteiger partial charge is 0.362 e. The first-order valence-corrected chi connectivity index (χ1v) is 4.47. The highest BCUT2D eigenvalue weighted by Crippen LogP contribution is 2.27. The molecule has 0 saturated heterocycles. The molecule has 0 unspecified atom stereocenters. The fourth-order valence-corrected chi connectivity index (χ4v) is 0.870. The first kappa shape index (κ1) is 13.6. The highest BCUT2D eigenvalue weighted by atomic mass is 19.4. The van der Waals surface area contributed by atoms with Crippen LogP contribution in [0.2, 0.25) is 0 Å². The second kappa shape index (κ2) is 4.78. The number of nitrogens with one attached hydrogen (secondary N) is 1. The number of halogens is 5. The fourth-order valence-electron chi connectivity index (χ4n) is 0.870. The Kier molecular flexibility index (Phi) is 3.81. The molecule has 0 aliphatic heterocycles. The van der Waals surface area contributed by atoms with Crippen molar-refractivity contribution in [3.05, 3.63) is 17.8 Å². The number of aromatic nitrogens is 2. The lowest BCUT2D eigenvalue weighted by Gasteiger charge is -2.14. The fraction of sp³-hybridized carbons (Fsp3) is 0.500. The minimum atomic E-state index is -4.60. The van der Waals surface area contributed by atoms with Crippen LogP contribution in [0, 0.1) is 0 Å². The zero-order valence-corrected chi connectivity index (χ0v) is 8.43. The molecule has 0 amide bonds. The predicted molar refractivity (Wildman–Crippen MR) is 49.5 cm³/mol. The molecule has 17 heavy (non-hydrogen) atoms. The summed E-state index contributed by atoms with van der Waals surface area (Å²) in [5, 5.41) is 8.13. The summed E-state index contributed by atoms with van der Waals surface area (Å²) in [6, 6.07) is 1.57. The van der Waals surface area contributed by atoms with Crippen molar-refractivity contribution in [3.63, 3.8) is 0 Å². The molecule has 1 aromatic heterocycles. The van der Waals surface area contributed by atoms with Crippen LogP contribution in [0.15, 0.2) is 12.1 Å². The molecular weight excluding hydrogens is 247 g/mol. The van der Waals surface area contributed by atoms with E-state index in [1.54, 1.807) is 0 Å². The van der Waals surface area contributed by atoms with Crippen molar-refractivity contribution in [3.8, 4) is 0 Å². The van der Waals surface area contributed by atoms with Gasteiger partial charge in [0.05, 0.1) is 13.1 Å². The minimum Gasteiger partial charge on any atom is -0.362 e. The van der Waals surface area contributed by atoms with Crippen molar-refractivity contribution in [1.82, 2.24) is 10.2 Å². The van der Waals surface area contributed by atoms with Crippen LogP contribution in [0.5, 0.6) is 0 Å². The Labute approximate surface area is 93.0 Å². The average molecular weight is 256 g/mol. The Bertz CT molecular complexity index is 361. The molecule has 0 bridgehead atoms. The summed E-state index contributed by atoms with van der Waals surface area (Å²) < 4.78 is 61.7. The van der Waals surface area contributed by atoms with E-state index in [2.05, 4.69) is 15.5 Å². The van der Waals surface area contributed by atoms with Crippen molar-refractivity contribution in [2.75, 3.05) is 18.4 Å². The molecule has 0 aliphatic rings. The van der Waals surface area contributed by atoms with E-state index in [0.717, 1.165) is 6.07 Å². The van der Waals surface area contributed by atoms with Crippen LogP contribution in [0.25, 0.3) is 0 Å². The molecule has 3 N–H and O–H groups in total. The number of nitrogens with zero attached hydrogens (tertiary/aromatic N) is 2. The van der Waals surface area contributed by atoms with Gasteiger partial charge in [0.15, 0.2) is 5.69 Å². The predicted octanol–water partition coefficient (Wildman–Crippen LogP) is 1.50. The van der Waals surface area contributed by atoms with Gasteiger partial charge < -0.3 is 11.1 Å². The van der Waals surface area contributed by atoms with Gasteiger partial charge in [0.1, 0.15) is 5.82 Å². The summed E-state index contributed by atoms with van der Waals surface area (Å²) in [6.45, 7) is -1.68. The second-order valence-corrected chi connectivity index (χ2v) is 3.22. The number of hydrogen-bond donors (Lipinski definition) is 2. The lowest BCUT2D eigenvalue weighted by atomic mass is 10.3. The Morgan fingerprint density at radius 3 is 2.18 bits per heavy atom. The Morgan fingerprint density at radius 2 is 1.76 bits per heavy atom. The van der Waals surface area contributed by atoms with Gasteiger partial charge in [-0.15, -0.1) is 10.2 Å². The molecule has 96 valence electrons. The van der Waals surface area contributed by atoms with Crippen LogP contribution in [-0.2, 0) is 6.18 Å². The standard InChI is InChI=1S/C8H9F5N4/c9-7(10,3-14)4-15-6-2-1-5(16-17-6)8(11,12)13/h1-2H,3-4,14H2,(H,15,17). The molecule has 0 aromatic carbocycles. The first-order chi connectivity index (χ1) is 7.74. The summed E-state index contributed by atoms with van der Waals surface area (Å²) >= 11 is 0. The lowest BCUT2D eigenvalue weighted by molar-refractivity contribution is -0.141. The molecule has 0 atom stereocenters. The van der Waals surface area contributed by atoms with Crippen LogP contribution in [0.1, 0.15) is 5.69 Å². The normalized spacial score (nSPS) is 12.6. The van der Waals surface area contributed by atoms with Crippen LogP contribution < -0.4 is 11.1 Å². The number of rotatable bonds is 4. The van der Waals surface area contributed by atoms with E-state index in [4.69, 9.17) is 5.73 Å². The number of alkyl halides is 5. The van der Waals surface area contributed by atoms with Gasteiger partial charge in [-0.2, -0.15) is 13.2 Å². The summed E-state index contributed by atoms with van der Waals surface area (Å²) in [5.74, 6) is -3.32. The topological polar surface area (TPSA) is 63.8 Å². The van der Waals surface area contributed by atoms with E-state index in [0.29, 0.717) is 6.07 Å². The highest BCUT2D eigenvalue weighted by Gasteiger charge is 2.33. The number of anilines is 1. The van der Waals surface area contributed by atoms with Gasteiger partial charge in [-0.1, -0.05) is 0 Å². The second-order valence-electron chi connectivity index (χ2n) is 3.22. The van der Waals surface area contributed by atoms with Gasteiger partial charge >= 0.3 is 6.18 Å². The highest BCUT2D eigenvalue weighted by molar-refractivity contribution is 5.33. The molecule has 9 heteroatoms. The molecule has 1 rings (SSSR count). The molecule has 0 radical (unpaired) electrons. The van der Waals surface area contributed by atoms with E-state index >= 15 is 0 Å². The largest absolute Gasteiger partial charge is 0.435 e. The van der Waals surface area contributed by atoms with Crippen molar-refractivity contribution < 1.29 is 22.0 Å². The van der Waals surface area contributed by atoms with Gasteiger partial charge in [0, 0.05) is 0 Å². The quantitative estimate of drug-likeness (QED) is 0.801. The van der Waals surface area contributed by atoms with Crippen LogP contribution >= 0.6 is 0 Å². The van der Waals surface area contributed by atoms with Crippen molar-refractivity contribution in [1.29, 1.82) is 0 Å². The molecule has 1 aromatic rings. The molecule has 0 fully saturated rings. The van der Waals surface area contributed by atoms with E-state index < -0.39 is 30.9 Å². The zero-order chi connectivity index (χ0) is 13.1. The average Bonchev–Trinajstić information content (AvgIpc) is 2.26. The first-order valence-electron chi connectivity index (χ1n) is 4.47. The Balaban J connectivity index is 2.64. The third-order valence-electron chi connectivity index (χ3n) is 1.78. The SMILES string of the molecule is NCC(F)(F)CNc1ccc(C(F)(F)F)nn1. The van der Waals surface area contributed by atoms with E-state index in [9.17, 15) is 22.0 Å². The summed E-state index contributed by atoms with van der Waals surface area (Å²) in [4.78, 5) is 0. The monoisotopic (exact) mass is 256 g/mol. The lowest BCUT2D eigenvalue weighted by Crippen LogP contribution is -2.35. The molecule has 0 spiro atoms. The summed E-state index contributed by atoms with van der Waals surface area (Å²) in [5.41, 5.74) is 3.59. The van der Waals surface area contributed by atoms with Gasteiger partial charge in [-0.25, -0.2) is 8.78 Å². The van der Waals surface area contributed by atoms with Crippen LogP contribution in [0.3, 0.4) is 0 Å². The molecular formula is C8H9F5N4. The third kappa shape index (κ3) is 4.10. The van der Waals surface area contributed by atoms with E-state index in [1.807, 2.05) is 0 Å². The van der Waals surface area contributed by atoms with E-state index in [1.165, 1.54) is 0 Å². The van der Waals surface area contributed by atoms with Crippen molar-refractivity contribution in [2.24, 2.45) is 5.73 Å². The van der Waals surface area contributed by atoms with Crippen molar-refractivity contribution in [2.45, 2.75) is 12.1 Å². The van der Waals surface area contributed by atoms with E-state index in [-0.39, 0.29) is 5.82 Å². The summed E-state index contributed by atoms with van der Waals surface area (Å²) in [6.07, 6.45) is -4.60. The van der Waals surface area contributed by atoms with Crippen molar-refractivity contribution >= 4 is 5.82 Å². The molecule has 0 saturated carbocycles. The Morgan fingerprint density at radius 1 is 1.12 bits per heavy atom. The maximum absolute atomic E-state index is 12.7. The number of hydrogen-bond acceptors (Lipinski definition) is 4. The van der Waals surface area contributed by atoms with Gasteiger partial charge in [0.2, 0.25) is 0 Å². The maximum atomic E-state index is 12.7. The molecule has 1 heterocycles. The molecule has 4 nitrogen and oxygen atoms in total. The number of nitrogens with two attached hydrogens (primary N) is 1. The van der Waals surface area contributed by atoms with Crippen LogP contribution in [-0.4, -0.2) is 29.2 Å². The van der Waals surface area contributed by atoms with Gasteiger partial charge in [0.25, 0.3) is 5.92 Å². The summed E-state index contributed by atoms with van der Waals surface area (Å²) in [7, 11) is 0. The third-order valence-corrected chi connectivity index (χ3v) is 1.78. The Hall–Kier alpha value is -1.51. The zero-order valence-electron chi connectivity index (χ0n) is 8.43. The molecule has 0 aliphatic carbocycles.